The number of carbonyl (C=O) groups excluding carboxylic acids is 1. The van der Waals surface area contributed by atoms with Crippen LogP contribution in [0.25, 0.3) is 0 Å². The average molecular weight is 259 g/mol. The first-order valence-corrected chi connectivity index (χ1v) is 6.89. The van der Waals surface area contributed by atoms with Crippen molar-refractivity contribution >= 4 is 28.8 Å². The van der Waals surface area contributed by atoms with Gasteiger partial charge >= 0.3 is 0 Å². The van der Waals surface area contributed by atoms with Crippen molar-refractivity contribution in [2.75, 3.05) is 19.0 Å². The Hall–Kier alpha value is -0.610. The summed E-state index contributed by atoms with van der Waals surface area (Å²) in [6.45, 7) is 3.60. The molecule has 2 heterocycles. The molecule has 0 saturated carbocycles. The number of thiazole rings is 1. The number of aromatic nitrogens is 1. The van der Waals surface area contributed by atoms with Gasteiger partial charge in [-0.1, -0.05) is 0 Å². The predicted molar refractivity (Wildman–Crippen MR) is 66.2 cm³/mol. The molecular weight excluding hydrogens is 244 g/mol. The topological polar surface area (TPSA) is 33.2 Å². The van der Waals surface area contributed by atoms with Gasteiger partial charge in [-0.15, -0.1) is 22.9 Å². The van der Waals surface area contributed by atoms with Crippen molar-refractivity contribution in [2.45, 2.75) is 19.8 Å². The molecule has 1 aliphatic rings. The van der Waals surface area contributed by atoms with E-state index in [1.807, 2.05) is 17.2 Å². The molecule has 0 bridgehead atoms. The number of alkyl halides is 1. The Labute approximate surface area is 104 Å². The van der Waals surface area contributed by atoms with Crippen LogP contribution in [0.3, 0.4) is 0 Å². The van der Waals surface area contributed by atoms with Gasteiger partial charge in [0, 0.05) is 24.3 Å². The molecule has 1 unspecified atom stereocenters. The molecule has 1 aromatic rings. The molecule has 1 aliphatic heterocycles. The maximum Gasteiger partial charge on any atom is 0.273 e. The average Bonchev–Trinajstić information content (AvgIpc) is 2.87. The standard InChI is InChI=1S/C11H15ClN2OS/c1-8-13-10(7-16-8)11(15)14-5-3-9(6-14)2-4-12/h7,9H,2-6H2,1H3. The van der Waals surface area contributed by atoms with E-state index >= 15 is 0 Å². The van der Waals surface area contributed by atoms with Crippen LogP contribution in [0.2, 0.25) is 0 Å². The van der Waals surface area contributed by atoms with Gasteiger partial charge in [0.2, 0.25) is 0 Å². The highest BCUT2D eigenvalue weighted by atomic mass is 35.5. The second kappa shape index (κ2) is 5.15. The fourth-order valence-corrected chi connectivity index (χ4v) is 2.93. The lowest BCUT2D eigenvalue weighted by Crippen LogP contribution is -2.29. The fraction of sp³-hybridized carbons (Fsp3) is 0.636. The summed E-state index contributed by atoms with van der Waals surface area (Å²) in [6, 6.07) is 0. The third kappa shape index (κ3) is 2.55. The van der Waals surface area contributed by atoms with E-state index in [1.165, 1.54) is 11.3 Å². The minimum Gasteiger partial charge on any atom is -0.337 e. The molecule has 2 rings (SSSR count). The largest absolute Gasteiger partial charge is 0.337 e. The number of nitrogens with zero attached hydrogens (tertiary/aromatic N) is 2. The molecular formula is C11H15ClN2OS. The number of carbonyl (C=O) groups is 1. The van der Waals surface area contributed by atoms with Gasteiger partial charge in [-0.3, -0.25) is 4.79 Å². The van der Waals surface area contributed by atoms with E-state index in [0.29, 0.717) is 17.5 Å². The molecule has 1 saturated heterocycles. The van der Waals surface area contributed by atoms with Crippen molar-refractivity contribution in [1.29, 1.82) is 0 Å². The first kappa shape index (κ1) is 11.9. The highest BCUT2D eigenvalue weighted by Gasteiger charge is 2.27. The molecule has 0 radical (unpaired) electrons. The monoisotopic (exact) mass is 258 g/mol. The van der Waals surface area contributed by atoms with Gasteiger partial charge in [-0.05, 0) is 25.7 Å². The van der Waals surface area contributed by atoms with E-state index in [-0.39, 0.29) is 5.91 Å². The fourth-order valence-electron chi connectivity index (χ4n) is 2.03. The molecule has 16 heavy (non-hydrogen) atoms. The molecule has 5 heteroatoms. The summed E-state index contributed by atoms with van der Waals surface area (Å²) in [7, 11) is 0. The van der Waals surface area contributed by atoms with Crippen molar-refractivity contribution in [3.63, 3.8) is 0 Å². The van der Waals surface area contributed by atoms with Crippen LogP contribution in [-0.4, -0.2) is 34.8 Å². The number of likely N-dealkylation sites (tertiary alicyclic amines) is 1. The highest BCUT2D eigenvalue weighted by Crippen LogP contribution is 2.22. The molecule has 1 fully saturated rings. The van der Waals surface area contributed by atoms with Crippen LogP contribution in [0.1, 0.15) is 28.3 Å². The highest BCUT2D eigenvalue weighted by molar-refractivity contribution is 7.09. The summed E-state index contributed by atoms with van der Waals surface area (Å²) in [4.78, 5) is 18.2. The van der Waals surface area contributed by atoms with E-state index < -0.39 is 0 Å². The van der Waals surface area contributed by atoms with E-state index in [4.69, 9.17) is 11.6 Å². The summed E-state index contributed by atoms with van der Waals surface area (Å²) < 4.78 is 0. The molecule has 1 amide bonds. The summed E-state index contributed by atoms with van der Waals surface area (Å²) in [5.74, 6) is 1.32. The molecule has 1 atom stereocenters. The van der Waals surface area contributed by atoms with Crippen LogP contribution in [0.4, 0.5) is 0 Å². The van der Waals surface area contributed by atoms with Gasteiger partial charge in [0.1, 0.15) is 5.69 Å². The third-order valence-corrected chi connectivity index (χ3v) is 3.92. The normalized spacial score (nSPS) is 20.4. The summed E-state index contributed by atoms with van der Waals surface area (Å²) >= 11 is 7.24. The Kier molecular flexibility index (Phi) is 3.82. The molecule has 0 aliphatic carbocycles. The van der Waals surface area contributed by atoms with E-state index in [0.717, 1.165) is 30.9 Å². The molecule has 1 aromatic heterocycles. The van der Waals surface area contributed by atoms with Gasteiger partial charge in [-0.2, -0.15) is 0 Å². The summed E-state index contributed by atoms with van der Waals surface area (Å²) in [5, 5.41) is 2.78. The molecule has 0 N–H and O–H groups in total. The van der Waals surface area contributed by atoms with Crippen LogP contribution in [0.5, 0.6) is 0 Å². The molecule has 3 nitrogen and oxygen atoms in total. The zero-order valence-electron chi connectivity index (χ0n) is 9.28. The second-order valence-corrected chi connectivity index (χ2v) is 5.58. The zero-order valence-corrected chi connectivity index (χ0v) is 10.9. The SMILES string of the molecule is Cc1nc(C(=O)N2CCC(CCCl)C2)cs1. The first-order chi connectivity index (χ1) is 7.70. The predicted octanol–water partition coefficient (Wildman–Crippen LogP) is 2.54. The van der Waals surface area contributed by atoms with Gasteiger partial charge < -0.3 is 4.90 Å². The molecule has 0 aromatic carbocycles. The van der Waals surface area contributed by atoms with Crippen molar-refractivity contribution in [3.8, 4) is 0 Å². The Bertz CT molecular complexity index is 380. The van der Waals surface area contributed by atoms with Crippen molar-refractivity contribution in [1.82, 2.24) is 9.88 Å². The van der Waals surface area contributed by atoms with Gasteiger partial charge in [0.25, 0.3) is 5.91 Å². The third-order valence-electron chi connectivity index (χ3n) is 2.93. The maximum atomic E-state index is 12.0. The Morgan fingerprint density at radius 1 is 1.75 bits per heavy atom. The van der Waals surface area contributed by atoms with Crippen LogP contribution in [0, 0.1) is 12.8 Å². The molecule has 88 valence electrons. The number of hydrogen-bond donors (Lipinski definition) is 0. The van der Waals surface area contributed by atoms with Crippen molar-refractivity contribution in [3.05, 3.63) is 16.1 Å². The van der Waals surface area contributed by atoms with E-state index in [9.17, 15) is 4.79 Å². The van der Waals surface area contributed by atoms with Gasteiger partial charge in [-0.25, -0.2) is 4.98 Å². The summed E-state index contributed by atoms with van der Waals surface area (Å²) in [5.41, 5.74) is 0.592. The zero-order chi connectivity index (χ0) is 11.5. The minimum absolute atomic E-state index is 0.0708. The number of amides is 1. The number of halogens is 1. The first-order valence-electron chi connectivity index (χ1n) is 5.48. The van der Waals surface area contributed by atoms with Crippen LogP contribution in [0.15, 0.2) is 5.38 Å². The van der Waals surface area contributed by atoms with Gasteiger partial charge in [0.05, 0.1) is 5.01 Å². The Balaban J connectivity index is 1.97. The smallest absolute Gasteiger partial charge is 0.273 e. The lowest BCUT2D eigenvalue weighted by atomic mass is 10.1. The second-order valence-electron chi connectivity index (χ2n) is 4.14. The van der Waals surface area contributed by atoms with E-state index in [2.05, 4.69) is 4.98 Å². The van der Waals surface area contributed by atoms with Crippen LogP contribution < -0.4 is 0 Å². The van der Waals surface area contributed by atoms with Gasteiger partial charge in [0.15, 0.2) is 0 Å². The lowest BCUT2D eigenvalue weighted by Gasteiger charge is -2.14. The Morgan fingerprint density at radius 2 is 2.56 bits per heavy atom. The lowest BCUT2D eigenvalue weighted by molar-refractivity contribution is 0.0782. The minimum atomic E-state index is 0.0708. The quantitative estimate of drug-likeness (QED) is 0.781. The number of hydrogen-bond acceptors (Lipinski definition) is 3. The van der Waals surface area contributed by atoms with Crippen molar-refractivity contribution in [2.24, 2.45) is 5.92 Å². The number of rotatable bonds is 3. The maximum absolute atomic E-state index is 12.0. The van der Waals surface area contributed by atoms with Crippen molar-refractivity contribution < 1.29 is 4.79 Å². The van der Waals surface area contributed by atoms with Crippen LogP contribution in [-0.2, 0) is 0 Å². The van der Waals surface area contributed by atoms with Crippen LogP contribution >= 0.6 is 22.9 Å². The van der Waals surface area contributed by atoms with E-state index in [1.54, 1.807) is 0 Å². The molecule has 0 spiro atoms. The Morgan fingerprint density at radius 3 is 3.19 bits per heavy atom. The number of aryl methyl sites for hydroxylation is 1. The summed E-state index contributed by atoms with van der Waals surface area (Å²) in [6.07, 6.45) is 2.07.